The maximum Gasteiger partial charge on any atom is 0.300 e. The second-order valence-electron chi connectivity index (χ2n) is 13.2. The molecule has 62 heavy (non-hydrogen) atoms. The van der Waals surface area contributed by atoms with E-state index in [1.165, 1.54) is 0 Å². The highest BCUT2D eigenvalue weighted by molar-refractivity contribution is 6.36. The molecule has 0 spiro atoms. The summed E-state index contributed by atoms with van der Waals surface area (Å²) in [6.07, 6.45) is 0. The molecule has 320 valence electrons. The molecule has 0 atom stereocenters. The molecule has 0 aliphatic carbocycles. The first kappa shape index (κ1) is 47.0. The zero-order valence-electron chi connectivity index (χ0n) is 33.7. The molecular weight excluding hydrogens is 835 g/mol. The van der Waals surface area contributed by atoms with Crippen molar-refractivity contribution in [3.05, 3.63) is 130 Å². The van der Waals surface area contributed by atoms with Gasteiger partial charge in [-0.1, -0.05) is 83.9 Å². The van der Waals surface area contributed by atoms with Gasteiger partial charge in [0.1, 0.15) is 11.6 Å². The summed E-state index contributed by atoms with van der Waals surface area (Å²) in [5.74, 6) is -1.35. The van der Waals surface area contributed by atoms with Gasteiger partial charge in [-0.25, -0.2) is 9.97 Å². The Labute approximate surface area is 365 Å². The van der Waals surface area contributed by atoms with Crippen LogP contribution in [0.5, 0.6) is 0 Å². The summed E-state index contributed by atoms with van der Waals surface area (Å²) in [6.45, 7) is 4.54. The zero-order valence-corrected chi connectivity index (χ0v) is 35.2. The number of aromatic nitrogens is 4. The van der Waals surface area contributed by atoms with Crippen molar-refractivity contribution < 1.29 is 29.7 Å². The molecule has 13 N–H and O–H groups in total. The number of nitrogen functional groups attached to an aromatic ring is 4. The standard InChI is InChI=1S/2C19H16ClN5.3C2H4O2/c2*20-15-6-8-16(13-4-2-1-3-12(13)15)23-10-11-5-7-17-14(9-11)18(21)25-19(22)24-17;3*1-2(3)4/h2*1-9,23H,10H2,(H4,21,22,24,25);3*1H3,(H,3,4). The molecule has 8 rings (SSSR count). The van der Waals surface area contributed by atoms with Crippen LogP contribution < -0.4 is 33.6 Å². The monoisotopic (exact) mass is 878 g/mol. The number of benzene rings is 6. The van der Waals surface area contributed by atoms with Crippen LogP contribution in [0.15, 0.2) is 109 Å². The minimum atomic E-state index is -0.833. The fraction of sp³-hybridized carbons (Fsp3) is 0.114. The van der Waals surface area contributed by atoms with Crippen LogP contribution in [-0.2, 0) is 27.5 Å². The van der Waals surface area contributed by atoms with Crippen molar-refractivity contribution in [2.75, 3.05) is 33.6 Å². The number of nitrogens with one attached hydrogen (secondary N) is 2. The smallest absolute Gasteiger partial charge is 0.300 e. The molecule has 0 radical (unpaired) electrons. The van der Waals surface area contributed by atoms with Crippen molar-refractivity contribution in [1.82, 2.24) is 19.9 Å². The number of anilines is 6. The van der Waals surface area contributed by atoms with E-state index in [-0.39, 0.29) is 11.9 Å². The predicted octanol–water partition coefficient (Wildman–Crippen LogP) is 8.70. The topological polar surface area (TPSA) is 292 Å². The molecule has 16 nitrogen and oxygen atoms in total. The Morgan fingerprint density at radius 2 is 0.806 bits per heavy atom. The van der Waals surface area contributed by atoms with Gasteiger partial charge in [-0.15, -0.1) is 0 Å². The van der Waals surface area contributed by atoms with Crippen molar-refractivity contribution in [2.45, 2.75) is 33.9 Å². The Hall–Kier alpha value is -7.69. The van der Waals surface area contributed by atoms with Gasteiger partial charge in [0, 0.05) is 87.6 Å². The van der Waals surface area contributed by atoms with Crippen LogP contribution in [0.3, 0.4) is 0 Å². The van der Waals surface area contributed by atoms with Gasteiger partial charge >= 0.3 is 0 Å². The first-order chi connectivity index (χ1) is 29.4. The van der Waals surface area contributed by atoms with Crippen molar-refractivity contribution in [3.8, 4) is 0 Å². The molecule has 6 aromatic carbocycles. The molecule has 18 heteroatoms. The van der Waals surface area contributed by atoms with Crippen LogP contribution in [0, 0.1) is 0 Å². The molecular formula is C44H44Cl2N10O6. The maximum absolute atomic E-state index is 9.00. The number of carbonyl (C=O) groups is 3. The summed E-state index contributed by atoms with van der Waals surface area (Å²) < 4.78 is 0. The van der Waals surface area contributed by atoms with Crippen molar-refractivity contribution >= 4 is 119 Å². The summed E-state index contributed by atoms with van der Waals surface area (Å²) in [4.78, 5) is 43.4. The van der Waals surface area contributed by atoms with Gasteiger partial charge in [-0.05, 0) is 59.7 Å². The van der Waals surface area contributed by atoms with Crippen molar-refractivity contribution in [3.63, 3.8) is 0 Å². The number of fused-ring (bicyclic) bond motifs is 4. The average Bonchev–Trinajstić information content (AvgIpc) is 3.20. The van der Waals surface area contributed by atoms with Gasteiger partial charge < -0.3 is 48.9 Å². The van der Waals surface area contributed by atoms with Crippen molar-refractivity contribution in [1.29, 1.82) is 0 Å². The highest BCUT2D eigenvalue weighted by atomic mass is 35.5. The lowest BCUT2D eigenvalue weighted by atomic mass is 10.1. The Morgan fingerprint density at radius 1 is 0.484 bits per heavy atom. The highest BCUT2D eigenvalue weighted by Crippen LogP contribution is 2.32. The summed E-state index contributed by atoms with van der Waals surface area (Å²) in [6, 6.07) is 35.7. The van der Waals surface area contributed by atoms with Gasteiger partial charge in [0.2, 0.25) is 11.9 Å². The quantitative estimate of drug-likeness (QED) is 0.0754. The number of aliphatic carboxylic acids is 3. The highest BCUT2D eigenvalue weighted by Gasteiger charge is 2.09. The Kier molecular flexibility index (Phi) is 16.7. The van der Waals surface area contributed by atoms with Crippen LogP contribution in [0.1, 0.15) is 31.9 Å². The molecule has 0 fully saturated rings. The number of rotatable bonds is 6. The van der Waals surface area contributed by atoms with Crippen LogP contribution in [0.2, 0.25) is 10.0 Å². The number of hydrogen-bond acceptors (Lipinski definition) is 13. The summed E-state index contributed by atoms with van der Waals surface area (Å²) in [7, 11) is 0. The third-order valence-corrected chi connectivity index (χ3v) is 8.98. The SMILES string of the molecule is CC(=O)O.CC(=O)O.CC(=O)O.Nc1nc(N)c2cc(CNc3ccc(Cl)c4ccccc34)ccc2n1.Nc1nc(N)c2cc(CNc3ccc(Cl)c4ccccc34)ccc2n1. The van der Waals surface area contributed by atoms with Crippen molar-refractivity contribution in [2.24, 2.45) is 0 Å². The van der Waals surface area contributed by atoms with Crippen LogP contribution in [0.4, 0.5) is 34.9 Å². The van der Waals surface area contributed by atoms with Gasteiger partial charge in [0.05, 0.1) is 11.0 Å². The van der Waals surface area contributed by atoms with E-state index in [2.05, 4.69) is 42.7 Å². The molecule has 0 saturated heterocycles. The van der Waals surface area contributed by atoms with E-state index in [4.69, 9.17) is 75.8 Å². The Balaban J connectivity index is 0.000000217. The number of hydrogen-bond donors (Lipinski definition) is 9. The van der Waals surface area contributed by atoms with Crippen LogP contribution >= 0.6 is 23.2 Å². The molecule has 8 aromatic rings. The molecule has 0 amide bonds. The fourth-order valence-electron chi connectivity index (χ4n) is 5.88. The van der Waals surface area contributed by atoms with Crippen LogP contribution in [0.25, 0.3) is 43.4 Å². The van der Waals surface area contributed by atoms with E-state index >= 15 is 0 Å². The third-order valence-electron chi connectivity index (χ3n) is 8.32. The van der Waals surface area contributed by atoms with Crippen LogP contribution in [-0.4, -0.2) is 53.2 Å². The molecule has 0 aliphatic rings. The molecule has 0 saturated carbocycles. The lowest BCUT2D eigenvalue weighted by Crippen LogP contribution is -2.03. The molecule has 0 bridgehead atoms. The number of carboxylic acid groups (broad SMARTS) is 3. The van der Waals surface area contributed by atoms with E-state index in [1.54, 1.807) is 0 Å². The lowest BCUT2D eigenvalue weighted by molar-refractivity contribution is -0.135. The normalized spacial score (nSPS) is 10.1. The zero-order chi connectivity index (χ0) is 45.5. The number of nitrogens with zero attached hydrogens (tertiary/aromatic N) is 4. The second kappa shape index (κ2) is 22.1. The average molecular weight is 880 g/mol. The Bertz CT molecular complexity index is 2670. The molecule has 0 aliphatic heterocycles. The van der Waals surface area contributed by atoms with Gasteiger partial charge in [-0.2, -0.15) is 9.97 Å². The second-order valence-corrected chi connectivity index (χ2v) is 14.0. The van der Waals surface area contributed by atoms with E-state index in [9.17, 15) is 0 Å². The summed E-state index contributed by atoms with van der Waals surface area (Å²) >= 11 is 12.6. The van der Waals surface area contributed by atoms with E-state index in [0.29, 0.717) is 24.7 Å². The minimum absolute atomic E-state index is 0.184. The predicted molar refractivity (Wildman–Crippen MR) is 249 cm³/mol. The minimum Gasteiger partial charge on any atom is -0.481 e. The van der Waals surface area contributed by atoms with Gasteiger partial charge in [0.15, 0.2) is 0 Å². The fourth-order valence-corrected chi connectivity index (χ4v) is 6.34. The first-order valence-corrected chi connectivity index (χ1v) is 19.2. The van der Waals surface area contributed by atoms with E-state index in [1.807, 2.05) is 97.1 Å². The Morgan fingerprint density at radius 3 is 1.15 bits per heavy atom. The molecule has 2 aromatic heterocycles. The van der Waals surface area contributed by atoms with E-state index < -0.39 is 17.9 Å². The van der Waals surface area contributed by atoms with Gasteiger partial charge in [0.25, 0.3) is 17.9 Å². The maximum atomic E-state index is 9.00. The van der Waals surface area contributed by atoms with Gasteiger partial charge in [-0.3, -0.25) is 14.4 Å². The molecule has 2 heterocycles. The number of nitrogens with two attached hydrogens (primary N) is 4. The third kappa shape index (κ3) is 13.7. The lowest BCUT2D eigenvalue weighted by Gasteiger charge is -2.12. The first-order valence-electron chi connectivity index (χ1n) is 18.5. The largest absolute Gasteiger partial charge is 0.481 e. The number of halogens is 2. The number of carboxylic acids is 3. The molecule has 0 unspecified atom stereocenters. The summed E-state index contributed by atoms with van der Waals surface area (Å²) in [5.41, 5.74) is 28.9. The van der Waals surface area contributed by atoms with E-state index in [0.717, 1.165) is 96.7 Å². The summed E-state index contributed by atoms with van der Waals surface area (Å²) in [5, 5.41) is 36.5.